The normalized spacial score (nSPS) is 16.6. The number of likely N-dealkylation sites (N-methyl/N-ethyl adjacent to an activating group) is 1. The van der Waals surface area contributed by atoms with Gasteiger partial charge >= 0.3 is 0 Å². The van der Waals surface area contributed by atoms with Gasteiger partial charge in [-0.3, -0.25) is 9.59 Å². The number of rotatable bonds is 7. The third kappa shape index (κ3) is 4.86. The van der Waals surface area contributed by atoms with E-state index in [1.807, 2.05) is 73.6 Å². The Morgan fingerprint density at radius 1 is 1.11 bits per heavy atom. The van der Waals surface area contributed by atoms with E-state index in [1.54, 1.807) is 4.90 Å². The molecule has 6 heteroatoms. The van der Waals surface area contributed by atoms with Gasteiger partial charge in [0.05, 0.1) is 0 Å². The summed E-state index contributed by atoms with van der Waals surface area (Å²) in [7, 11) is 3.89. The Hall–Kier alpha value is -2.86. The highest BCUT2D eigenvalue weighted by molar-refractivity contribution is 6.09. The number of carbonyl (C=O) groups excluding carboxylic acids is 2. The molecule has 1 N–H and O–H groups in total. The molecule has 0 spiro atoms. The van der Waals surface area contributed by atoms with Gasteiger partial charge in [-0.05, 0) is 56.9 Å². The van der Waals surface area contributed by atoms with Crippen LogP contribution in [0.2, 0.25) is 0 Å². The molecule has 27 heavy (non-hydrogen) atoms. The number of anilines is 1. The molecule has 2 amide bonds. The van der Waals surface area contributed by atoms with Crippen LogP contribution in [0.15, 0.2) is 54.6 Å². The van der Waals surface area contributed by atoms with E-state index in [4.69, 9.17) is 4.74 Å². The Labute approximate surface area is 159 Å². The Morgan fingerprint density at radius 3 is 2.44 bits per heavy atom. The number of ether oxygens (including phenoxy) is 1. The van der Waals surface area contributed by atoms with Crippen LogP contribution < -0.4 is 15.0 Å². The first-order chi connectivity index (χ1) is 13.0. The number of amides is 2. The topological polar surface area (TPSA) is 61.9 Å². The van der Waals surface area contributed by atoms with Crippen molar-refractivity contribution in [1.29, 1.82) is 0 Å². The van der Waals surface area contributed by atoms with Gasteiger partial charge in [0.25, 0.3) is 0 Å². The third-order valence-corrected chi connectivity index (χ3v) is 4.51. The standard InChI is InChI=1S/C21H25N3O3/c1-23(2)15-13-22-20(25)19-12-14-24(21(19)26)16-8-10-18(11-9-16)27-17-6-4-3-5-7-17/h3-11,19H,12-15H2,1-2H3,(H,22,25). The van der Waals surface area contributed by atoms with Crippen molar-refractivity contribution in [3.63, 3.8) is 0 Å². The number of carbonyl (C=O) groups is 2. The number of nitrogens with zero attached hydrogens (tertiary/aromatic N) is 2. The maximum atomic E-state index is 12.6. The molecule has 1 atom stereocenters. The zero-order valence-corrected chi connectivity index (χ0v) is 15.7. The van der Waals surface area contributed by atoms with Crippen molar-refractivity contribution in [2.24, 2.45) is 5.92 Å². The minimum Gasteiger partial charge on any atom is -0.457 e. The van der Waals surface area contributed by atoms with Crippen molar-refractivity contribution in [2.75, 3.05) is 38.6 Å². The van der Waals surface area contributed by atoms with E-state index < -0.39 is 5.92 Å². The van der Waals surface area contributed by atoms with Gasteiger partial charge in [-0.15, -0.1) is 0 Å². The highest BCUT2D eigenvalue weighted by atomic mass is 16.5. The van der Waals surface area contributed by atoms with Crippen molar-refractivity contribution in [3.05, 3.63) is 54.6 Å². The number of benzene rings is 2. The van der Waals surface area contributed by atoms with E-state index >= 15 is 0 Å². The molecule has 1 heterocycles. The van der Waals surface area contributed by atoms with Crippen LogP contribution >= 0.6 is 0 Å². The number of nitrogens with one attached hydrogen (secondary N) is 1. The summed E-state index contributed by atoms with van der Waals surface area (Å²) in [5.74, 6) is 0.529. The second kappa shape index (κ2) is 8.68. The molecule has 3 rings (SSSR count). The average Bonchev–Trinajstić information content (AvgIpc) is 3.04. The monoisotopic (exact) mass is 367 g/mol. The van der Waals surface area contributed by atoms with Crippen molar-refractivity contribution >= 4 is 17.5 Å². The molecule has 1 aliphatic heterocycles. The van der Waals surface area contributed by atoms with Crippen LogP contribution in [-0.2, 0) is 9.59 Å². The predicted octanol–water partition coefficient (Wildman–Crippen LogP) is 2.51. The van der Waals surface area contributed by atoms with Crippen LogP contribution in [-0.4, -0.2) is 50.4 Å². The second-order valence-corrected chi connectivity index (χ2v) is 6.83. The Morgan fingerprint density at radius 2 is 1.78 bits per heavy atom. The third-order valence-electron chi connectivity index (χ3n) is 4.51. The van der Waals surface area contributed by atoms with Crippen molar-refractivity contribution < 1.29 is 14.3 Å². The van der Waals surface area contributed by atoms with Gasteiger partial charge in [-0.1, -0.05) is 18.2 Å². The molecule has 0 saturated carbocycles. The zero-order valence-electron chi connectivity index (χ0n) is 15.7. The minimum absolute atomic E-state index is 0.144. The molecule has 0 aliphatic carbocycles. The van der Waals surface area contributed by atoms with E-state index in [9.17, 15) is 9.59 Å². The van der Waals surface area contributed by atoms with Gasteiger partial charge < -0.3 is 19.9 Å². The molecule has 142 valence electrons. The highest BCUT2D eigenvalue weighted by Gasteiger charge is 2.37. The Balaban J connectivity index is 1.58. The summed E-state index contributed by atoms with van der Waals surface area (Å²) >= 11 is 0. The maximum absolute atomic E-state index is 12.6. The molecule has 0 bridgehead atoms. The fraction of sp³-hybridized carbons (Fsp3) is 0.333. The SMILES string of the molecule is CN(C)CCNC(=O)C1CCN(c2ccc(Oc3ccccc3)cc2)C1=O. The van der Waals surface area contributed by atoms with Crippen LogP contribution in [0.25, 0.3) is 0 Å². The molecule has 1 saturated heterocycles. The first kappa shape index (κ1) is 18.9. The molecule has 1 aliphatic rings. The fourth-order valence-corrected chi connectivity index (χ4v) is 3.02. The molecule has 1 unspecified atom stereocenters. The van der Waals surface area contributed by atoms with E-state index in [2.05, 4.69) is 5.32 Å². The number of para-hydroxylation sites is 1. The number of hydrogen-bond acceptors (Lipinski definition) is 4. The van der Waals surface area contributed by atoms with Gasteiger partial charge in [-0.2, -0.15) is 0 Å². The van der Waals surface area contributed by atoms with Crippen LogP contribution in [0.3, 0.4) is 0 Å². The van der Waals surface area contributed by atoms with Gasteiger partial charge in [0.2, 0.25) is 11.8 Å². The summed E-state index contributed by atoms with van der Waals surface area (Å²) in [6.45, 7) is 1.84. The van der Waals surface area contributed by atoms with Crippen molar-refractivity contribution in [2.45, 2.75) is 6.42 Å². The number of hydrogen-bond donors (Lipinski definition) is 1. The van der Waals surface area contributed by atoms with Crippen LogP contribution in [0, 0.1) is 5.92 Å². The summed E-state index contributed by atoms with van der Waals surface area (Å²) in [4.78, 5) is 28.6. The van der Waals surface area contributed by atoms with Gasteiger partial charge in [0.15, 0.2) is 0 Å². The predicted molar refractivity (Wildman–Crippen MR) is 105 cm³/mol. The van der Waals surface area contributed by atoms with Crippen molar-refractivity contribution in [3.8, 4) is 11.5 Å². The zero-order chi connectivity index (χ0) is 19.2. The van der Waals surface area contributed by atoms with Crippen LogP contribution in [0.1, 0.15) is 6.42 Å². The van der Waals surface area contributed by atoms with Crippen LogP contribution in [0.4, 0.5) is 5.69 Å². The smallest absolute Gasteiger partial charge is 0.239 e. The summed E-state index contributed by atoms with van der Waals surface area (Å²) < 4.78 is 5.77. The van der Waals surface area contributed by atoms with Crippen molar-refractivity contribution in [1.82, 2.24) is 10.2 Å². The summed E-state index contributed by atoms with van der Waals surface area (Å²) in [6.07, 6.45) is 0.537. The van der Waals surface area contributed by atoms with Crippen LogP contribution in [0.5, 0.6) is 11.5 Å². The van der Waals surface area contributed by atoms with E-state index in [1.165, 1.54) is 0 Å². The van der Waals surface area contributed by atoms with E-state index in [0.29, 0.717) is 25.3 Å². The summed E-state index contributed by atoms with van der Waals surface area (Å²) in [6, 6.07) is 16.9. The molecule has 6 nitrogen and oxygen atoms in total. The molecule has 0 radical (unpaired) electrons. The lowest BCUT2D eigenvalue weighted by Crippen LogP contribution is -2.39. The first-order valence-electron chi connectivity index (χ1n) is 9.11. The Kier molecular flexibility index (Phi) is 6.08. The largest absolute Gasteiger partial charge is 0.457 e. The first-order valence-corrected chi connectivity index (χ1v) is 9.11. The molecule has 2 aromatic carbocycles. The average molecular weight is 367 g/mol. The highest BCUT2D eigenvalue weighted by Crippen LogP contribution is 2.28. The van der Waals surface area contributed by atoms with E-state index in [-0.39, 0.29) is 11.8 Å². The maximum Gasteiger partial charge on any atom is 0.239 e. The lowest BCUT2D eigenvalue weighted by atomic mass is 10.1. The van der Waals surface area contributed by atoms with Gasteiger partial charge in [-0.25, -0.2) is 0 Å². The van der Waals surface area contributed by atoms with Gasteiger partial charge in [0.1, 0.15) is 17.4 Å². The molecular weight excluding hydrogens is 342 g/mol. The molecule has 2 aromatic rings. The van der Waals surface area contributed by atoms with Gasteiger partial charge in [0, 0.05) is 25.3 Å². The Bertz CT molecular complexity index is 775. The second-order valence-electron chi connectivity index (χ2n) is 6.83. The fourth-order valence-electron chi connectivity index (χ4n) is 3.02. The molecular formula is C21H25N3O3. The lowest BCUT2D eigenvalue weighted by Gasteiger charge is -2.17. The summed E-state index contributed by atoms with van der Waals surface area (Å²) in [5.41, 5.74) is 0.781. The van der Waals surface area contributed by atoms with E-state index in [0.717, 1.165) is 18.0 Å². The molecule has 0 aromatic heterocycles. The minimum atomic E-state index is -0.604. The quantitative estimate of drug-likeness (QED) is 0.764. The molecule has 1 fully saturated rings. The summed E-state index contributed by atoms with van der Waals surface area (Å²) in [5, 5.41) is 2.85. The lowest BCUT2D eigenvalue weighted by molar-refractivity contribution is -0.132.